The molecule has 0 heterocycles. The van der Waals surface area contributed by atoms with Gasteiger partial charge in [-0.05, 0) is 29.8 Å². The van der Waals surface area contributed by atoms with Crippen LogP contribution in [0.15, 0.2) is 47.4 Å². The highest BCUT2D eigenvalue weighted by Gasteiger charge is 2.09. The van der Waals surface area contributed by atoms with E-state index in [0.29, 0.717) is 5.56 Å². The summed E-state index contributed by atoms with van der Waals surface area (Å²) in [6.45, 7) is 0. The Bertz CT molecular complexity index is 611. The normalized spacial score (nSPS) is 10.6. The van der Waals surface area contributed by atoms with E-state index in [9.17, 15) is 18.0 Å². The van der Waals surface area contributed by atoms with Crippen molar-refractivity contribution >= 4 is 17.5 Å². The number of carbonyl (C=O) groups is 1. The van der Waals surface area contributed by atoms with Crippen LogP contribution in [0.5, 0.6) is 0 Å². The first-order valence-electron chi connectivity index (χ1n) is 5.88. The van der Waals surface area contributed by atoms with Crippen molar-refractivity contribution in [3.8, 4) is 0 Å². The summed E-state index contributed by atoms with van der Waals surface area (Å²) in [4.78, 5) is 12.0. The van der Waals surface area contributed by atoms with Gasteiger partial charge in [0, 0.05) is 17.4 Å². The van der Waals surface area contributed by atoms with E-state index in [0.717, 1.165) is 23.9 Å². The molecule has 0 N–H and O–H groups in total. The van der Waals surface area contributed by atoms with E-state index in [4.69, 9.17) is 0 Å². The fourth-order valence-corrected chi connectivity index (χ4v) is 2.41. The van der Waals surface area contributed by atoms with Crippen LogP contribution < -0.4 is 0 Å². The summed E-state index contributed by atoms with van der Waals surface area (Å²) in [5, 5.41) is 0. The number of hydrogen-bond acceptors (Lipinski definition) is 2. The summed E-state index contributed by atoms with van der Waals surface area (Å²) < 4.78 is 38.8. The van der Waals surface area contributed by atoms with E-state index >= 15 is 0 Å². The predicted octanol–water partition coefficient (Wildman–Crippen LogP) is 4.01. The van der Waals surface area contributed by atoms with Crippen LogP contribution in [-0.2, 0) is 11.2 Å². The van der Waals surface area contributed by atoms with Gasteiger partial charge in [-0.25, -0.2) is 13.2 Å². The average molecular weight is 296 g/mol. The SMILES string of the molecule is O=C(CSc1ccc(F)cc1F)Cc1ccc(F)cc1. The van der Waals surface area contributed by atoms with Crippen molar-refractivity contribution in [3.63, 3.8) is 0 Å². The smallest absolute Gasteiger partial charge is 0.147 e. The Kier molecular flexibility index (Phi) is 4.84. The fraction of sp³-hybridized carbons (Fsp3) is 0.133. The molecule has 1 nitrogen and oxygen atoms in total. The molecule has 0 radical (unpaired) electrons. The van der Waals surface area contributed by atoms with Crippen molar-refractivity contribution in [2.24, 2.45) is 0 Å². The van der Waals surface area contributed by atoms with Crippen molar-refractivity contribution in [1.82, 2.24) is 0 Å². The molecule has 0 atom stereocenters. The Hall–Kier alpha value is -1.75. The van der Waals surface area contributed by atoms with Crippen LogP contribution in [0.1, 0.15) is 5.56 Å². The predicted molar refractivity (Wildman–Crippen MR) is 72.2 cm³/mol. The van der Waals surface area contributed by atoms with Crippen molar-refractivity contribution < 1.29 is 18.0 Å². The van der Waals surface area contributed by atoms with Gasteiger partial charge < -0.3 is 0 Å². The second kappa shape index (κ2) is 6.61. The highest BCUT2D eigenvalue weighted by atomic mass is 32.2. The molecule has 0 aliphatic carbocycles. The third-order valence-electron chi connectivity index (χ3n) is 2.60. The average Bonchev–Trinajstić information content (AvgIpc) is 2.40. The Morgan fingerprint density at radius 2 is 1.60 bits per heavy atom. The first kappa shape index (κ1) is 14.7. The number of ketones is 1. The van der Waals surface area contributed by atoms with Gasteiger partial charge in [0.25, 0.3) is 0 Å². The molecular weight excluding hydrogens is 285 g/mol. The Labute approximate surface area is 118 Å². The molecule has 0 spiro atoms. The molecule has 0 amide bonds. The third-order valence-corrected chi connectivity index (χ3v) is 3.71. The Morgan fingerprint density at radius 3 is 2.25 bits per heavy atom. The molecule has 0 unspecified atom stereocenters. The van der Waals surface area contributed by atoms with Crippen LogP contribution in [0.4, 0.5) is 13.2 Å². The van der Waals surface area contributed by atoms with Gasteiger partial charge in [0.2, 0.25) is 0 Å². The number of halogens is 3. The first-order valence-corrected chi connectivity index (χ1v) is 6.87. The van der Waals surface area contributed by atoms with Gasteiger partial charge in [0.05, 0.1) is 5.75 Å². The minimum Gasteiger partial charge on any atom is -0.298 e. The van der Waals surface area contributed by atoms with E-state index in [2.05, 4.69) is 0 Å². The lowest BCUT2D eigenvalue weighted by Gasteiger charge is -2.03. The number of Topliss-reactive ketones (excluding diaryl/α,β-unsaturated/α-hetero) is 1. The topological polar surface area (TPSA) is 17.1 Å². The zero-order valence-corrected chi connectivity index (χ0v) is 11.2. The maximum Gasteiger partial charge on any atom is 0.147 e. The highest BCUT2D eigenvalue weighted by Crippen LogP contribution is 2.22. The lowest BCUT2D eigenvalue weighted by molar-refractivity contribution is -0.116. The second-order valence-corrected chi connectivity index (χ2v) is 5.22. The third kappa shape index (κ3) is 4.13. The van der Waals surface area contributed by atoms with Gasteiger partial charge in [-0.15, -0.1) is 11.8 Å². The van der Waals surface area contributed by atoms with Gasteiger partial charge in [0.15, 0.2) is 0 Å². The van der Waals surface area contributed by atoms with E-state index in [1.807, 2.05) is 0 Å². The maximum atomic E-state index is 13.4. The molecule has 0 aliphatic heterocycles. The summed E-state index contributed by atoms with van der Waals surface area (Å²) >= 11 is 1.02. The molecule has 0 bridgehead atoms. The molecule has 0 aromatic heterocycles. The Balaban J connectivity index is 1.90. The molecule has 20 heavy (non-hydrogen) atoms. The van der Waals surface area contributed by atoms with Crippen LogP contribution in [0, 0.1) is 17.5 Å². The number of thioether (sulfide) groups is 1. The van der Waals surface area contributed by atoms with Crippen LogP contribution in [0.25, 0.3) is 0 Å². The second-order valence-electron chi connectivity index (χ2n) is 4.21. The van der Waals surface area contributed by atoms with Gasteiger partial charge in [-0.3, -0.25) is 4.79 Å². The number of hydrogen-bond donors (Lipinski definition) is 0. The van der Waals surface area contributed by atoms with Crippen molar-refractivity contribution in [2.75, 3.05) is 5.75 Å². The minimum atomic E-state index is -0.676. The van der Waals surface area contributed by atoms with Crippen molar-refractivity contribution in [3.05, 3.63) is 65.5 Å². The molecule has 5 heteroatoms. The molecule has 0 saturated carbocycles. The molecule has 2 aromatic carbocycles. The van der Waals surface area contributed by atoms with Gasteiger partial charge in [-0.2, -0.15) is 0 Å². The fourth-order valence-electron chi connectivity index (χ4n) is 1.63. The molecule has 104 valence electrons. The summed E-state index contributed by atoms with van der Waals surface area (Å²) in [5.41, 5.74) is 0.705. The standard InChI is InChI=1S/C15H11F3OS/c16-11-3-1-10(2-4-11)7-13(19)9-20-15-6-5-12(17)8-14(15)18/h1-6,8H,7,9H2. The number of rotatable bonds is 5. The first-order chi connectivity index (χ1) is 9.54. The lowest BCUT2D eigenvalue weighted by Crippen LogP contribution is -2.06. The molecule has 0 fully saturated rings. The van der Waals surface area contributed by atoms with Crippen LogP contribution in [0.2, 0.25) is 0 Å². The summed E-state index contributed by atoms with van der Waals surface area (Å²) in [6.07, 6.45) is 0.163. The summed E-state index contributed by atoms with van der Waals surface area (Å²) in [6, 6.07) is 8.89. The van der Waals surface area contributed by atoms with Gasteiger partial charge in [-0.1, -0.05) is 12.1 Å². The quantitative estimate of drug-likeness (QED) is 0.776. The molecule has 0 saturated heterocycles. The monoisotopic (exact) mass is 296 g/mol. The number of benzene rings is 2. The molecule has 2 aromatic rings. The van der Waals surface area contributed by atoms with Crippen LogP contribution >= 0.6 is 11.8 Å². The number of carbonyl (C=O) groups excluding carboxylic acids is 1. The van der Waals surface area contributed by atoms with Crippen molar-refractivity contribution in [1.29, 1.82) is 0 Å². The van der Waals surface area contributed by atoms with E-state index < -0.39 is 11.6 Å². The maximum absolute atomic E-state index is 13.4. The highest BCUT2D eigenvalue weighted by molar-refractivity contribution is 8.00. The molecular formula is C15H11F3OS. The van der Waals surface area contributed by atoms with Crippen LogP contribution in [0.3, 0.4) is 0 Å². The van der Waals surface area contributed by atoms with E-state index in [1.165, 1.54) is 30.3 Å². The van der Waals surface area contributed by atoms with E-state index in [-0.39, 0.29) is 28.7 Å². The zero-order chi connectivity index (χ0) is 14.5. The Morgan fingerprint density at radius 1 is 0.950 bits per heavy atom. The van der Waals surface area contributed by atoms with Gasteiger partial charge in [0.1, 0.15) is 23.2 Å². The van der Waals surface area contributed by atoms with E-state index in [1.54, 1.807) is 0 Å². The van der Waals surface area contributed by atoms with Gasteiger partial charge >= 0.3 is 0 Å². The lowest BCUT2D eigenvalue weighted by atomic mass is 10.1. The molecule has 2 rings (SSSR count). The van der Waals surface area contributed by atoms with Crippen molar-refractivity contribution in [2.45, 2.75) is 11.3 Å². The summed E-state index contributed by atoms with van der Waals surface area (Å²) in [7, 11) is 0. The largest absolute Gasteiger partial charge is 0.298 e. The molecule has 0 aliphatic rings. The minimum absolute atomic E-state index is 0.0833. The summed E-state index contributed by atoms with van der Waals surface area (Å²) in [5.74, 6) is -1.71. The van der Waals surface area contributed by atoms with Crippen LogP contribution in [-0.4, -0.2) is 11.5 Å². The zero-order valence-electron chi connectivity index (χ0n) is 10.4.